The predicted molar refractivity (Wildman–Crippen MR) is 117 cm³/mol. The number of fused-ring (bicyclic) bond motifs is 1. The Bertz CT molecular complexity index is 1140. The van der Waals surface area contributed by atoms with Crippen LogP contribution in [0.3, 0.4) is 0 Å². The zero-order valence-corrected chi connectivity index (χ0v) is 17.1. The molecule has 0 unspecified atom stereocenters. The Morgan fingerprint density at radius 3 is 2.74 bits per heavy atom. The minimum absolute atomic E-state index is 0.411. The highest BCUT2D eigenvalue weighted by molar-refractivity contribution is 5.78. The van der Waals surface area contributed by atoms with Gasteiger partial charge in [-0.3, -0.25) is 9.47 Å². The number of morpholine rings is 1. The number of rotatable bonds is 7. The van der Waals surface area contributed by atoms with Crippen LogP contribution in [0.4, 0.5) is 0 Å². The zero-order chi connectivity index (χ0) is 20.9. The molecule has 31 heavy (non-hydrogen) atoms. The lowest BCUT2D eigenvalue weighted by molar-refractivity contribution is 0.0322. The average molecular weight is 415 g/mol. The van der Waals surface area contributed by atoms with Gasteiger partial charge in [0.15, 0.2) is 0 Å². The Kier molecular flexibility index (Phi) is 5.77. The van der Waals surface area contributed by atoms with Crippen molar-refractivity contribution in [1.29, 1.82) is 0 Å². The van der Waals surface area contributed by atoms with Crippen molar-refractivity contribution < 1.29 is 14.2 Å². The maximum Gasteiger partial charge on any atom is 0.229 e. The molecule has 0 spiro atoms. The van der Waals surface area contributed by atoms with E-state index in [1.807, 2.05) is 59.2 Å². The van der Waals surface area contributed by atoms with Crippen molar-refractivity contribution in [2.75, 3.05) is 39.5 Å². The van der Waals surface area contributed by atoms with Crippen LogP contribution >= 0.6 is 0 Å². The van der Waals surface area contributed by atoms with Crippen LogP contribution < -0.4 is 9.47 Å². The third-order valence-corrected chi connectivity index (χ3v) is 5.16. The lowest BCUT2D eigenvalue weighted by Gasteiger charge is -2.26. The molecule has 0 N–H and O–H groups in total. The van der Waals surface area contributed by atoms with E-state index in [0.29, 0.717) is 18.3 Å². The molecule has 5 rings (SSSR count). The molecule has 0 saturated carbocycles. The van der Waals surface area contributed by atoms with Crippen LogP contribution in [0.2, 0.25) is 0 Å². The molecule has 0 bridgehead atoms. The molecule has 1 saturated heterocycles. The second-order valence-electron chi connectivity index (χ2n) is 7.24. The lowest BCUT2D eigenvalue weighted by atomic mass is 10.3. The van der Waals surface area contributed by atoms with Gasteiger partial charge in [-0.2, -0.15) is 4.98 Å². The largest absolute Gasteiger partial charge is 0.492 e. The Labute approximate surface area is 180 Å². The molecule has 1 radical (unpaired) electrons. The first kappa shape index (κ1) is 19.5. The van der Waals surface area contributed by atoms with Crippen LogP contribution in [0.5, 0.6) is 17.4 Å². The van der Waals surface area contributed by atoms with E-state index < -0.39 is 0 Å². The van der Waals surface area contributed by atoms with Crippen molar-refractivity contribution in [3.8, 4) is 23.2 Å². The molecular weight excluding hydrogens is 392 g/mol. The van der Waals surface area contributed by atoms with Crippen molar-refractivity contribution in [3.05, 3.63) is 73.1 Å². The summed E-state index contributed by atoms with van der Waals surface area (Å²) in [5, 5.41) is 0. The number of hydrogen-bond acceptors (Lipinski definition) is 6. The topological polar surface area (TPSA) is 61.6 Å². The second kappa shape index (κ2) is 9.16. The summed E-state index contributed by atoms with van der Waals surface area (Å²) in [6.07, 6.45) is 1.76. The quantitative estimate of drug-likeness (QED) is 0.458. The van der Waals surface area contributed by atoms with Crippen molar-refractivity contribution >= 4 is 11.0 Å². The summed E-state index contributed by atoms with van der Waals surface area (Å²) in [6.45, 7) is 5.06. The monoisotopic (exact) mass is 415 g/mol. The minimum atomic E-state index is 0.411. The smallest absolute Gasteiger partial charge is 0.229 e. The average Bonchev–Trinajstić information content (AvgIpc) is 3.24. The van der Waals surface area contributed by atoms with Crippen LogP contribution in [0, 0.1) is 6.07 Å². The Morgan fingerprint density at radius 1 is 1.00 bits per heavy atom. The van der Waals surface area contributed by atoms with E-state index in [4.69, 9.17) is 14.2 Å². The van der Waals surface area contributed by atoms with Crippen molar-refractivity contribution in [2.24, 2.45) is 0 Å². The fraction of sp³-hybridized carbons (Fsp3) is 0.250. The van der Waals surface area contributed by atoms with Crippen LogP contribution in [-0.2, 0) is 4.74 Å². The fourth-order valence-electron chi connectivity index (χ4n) is 3.53. The highest BCUT2D eigenvalue weighted by atomic mass is 16.5. The molecule has 4 aromatic rings. The van der Waals surface area contributed by atoms with Gasteiger partial charge < -0.3 is 14.2 Å². The van der Waals surface area contributed by atoms with Crippen molar-refractivity contribution in [2.45, 2.75) is 0 Å². The van der Waals surface area contributed by atoms with E-state index >= 15 is 0 Å². The minimum Gasteiger partial charge on any atom is -0.492 e. The molecule has 7 heteroatoms. The number of benzene rings is 2. The molecule has 1 aliphatic heterocycles. The van der Waals surface area contributed by atoms with Gasteiger partial charge >= 0.3 is 0 Å². The lowest BCUT2D eigenvalue weighted by Crippen LogP contribution is -2.38. The normalized spacial score (nSPS) is 14.6. The van der Waals surface area contributed by atoms with Crippen LogP contribution in [-0.4, -0.2) is 58.9 Å². The summed E-state index contributed by atoms with van der Waals surface area (Å²) >= 11 is 0. The number of imidazole rings is 1. The number of aromatic nitrogens is 3. The van der Waals surface area contributed by atoms with Gasteiger partial charge in [-0.05, 0) is 36.4 Å². The van der Waals surface area contributed by atoms with Crippen LogP contribution in [0.1, 0.15) is 0 Å². The highest BCUT2D eigenvalue weighted by Gasteiger charge is 2.11. The molecule has 0 atom stereocenters. The summed E-state index contributed by atoms with van der Waals surface area (Å²) < 4.78 is 19.1. The van der Waals surface area contributed by atoms with Gasteiger partial charge in [0, 0.05) is 31.8 Å². The van der Waals surface area contributed by atoms with E-state index in [0.717, 1.165) is 55.4 Å². The van der Waals surface area contributed by atoms with Gasteiger partial charge in [0.05, 0.1) is 24.2 Å². The fourth-order valence-corrected chi connectivity index (χ4v) is 3.53. The SMILES string of the molecule is [c]1ccc(-n2cnc3cc(OCCN4CCOCC4)ccc32)nc1Oc1ccccc1. The standard InChI is InChI=1S/C24H23N4O3/c1-2-5-19(6-3-1)31-24-8-4-7-23(26-24)28-18-25-21-17-20(9-10-22(21)28)30-16-13-27-11-14-29-15-12-27/h1-7,9-10,17-18H,11-16H2. The Hall–Kier alpha value is -3.42. The zero-order valence-electron chi connectivity index (χ0n) is 17.1. The van der Waals surface area contributed by atoms with Crippen LogP contribution in [0.25, 0.3) is 16.9 Å². The van der Waals surface area contributed by atoms with Gasteiger partial charge in [-0.15, -0.1) is 0 Å². The van der Waals surface area contributed by atoms with E-state index in [1.165, 1.54) is 0 Å². The molecule has 2 aromatic heterocycles. The van der Waals surface area contributed by atoms with Gasteiger partial charge in [-0.25, -0.2) is 4.98 Å². The number of ether oxygens (including phenoxy) is 3. The summed E-state index contributed by atoms with van der Waals surface area (Å²) in [5.74, 6) is 2.66. The number of para-hydroxylation sites is 1. The molecule has 3 heterocycles. The summed E-state index contributed by atoms with van der Waals surface area (Å²) in [4.78, 5) is 11.5. The van der Waals surface area contributed by atoms with E-state index in [9.17, 15) is 0 Å². The molecule has 2 aromatic carbocycles. The first-order valence-corrected chi connectivity index (χ1v) is 10.4. The first-order chi connectivity index (χ1) is 15.3. The van der Waals surface area contributed by atoms with Crippen molar-refractivity contribution in [3.63, 3.8) is 0 Å². The summed E-state index contributed by atoms with van der Waals surface area (Å²) in [5.41, 5.74) is 1.80. The van der Waals surface area contributed by atoms with Gasteiger partial charge in [0.2, 0.25) is 5.88 Å². The molecule has 0 aliphatic carbocycles. The van der Waals surface area contributed by atoms with E-state index in [-0.39, 0.29) is 0 Å². The van der Waals surface area contributed by atoms with Gasteiger partial charge in [-0.1, -0.05) is 18.2 Å². The maximum atomic E-state index is 5.94. The maximum absolute atomic E-state index is 5.94. The number of nitrogens with zero attached hydrogens (tertiary/aromatic N) is 4. The molecule has 7 nitrogen and oxygen atoms in total. The van der Waals surface area contributed by atoms with Gasteiger partial charge in [0.1, 0.15) is 30.3 Å². The van der Waals surface area contributed by atoms with E-state index in [1.54, 1.807) is 12.4 Å². The number of pyridine rings is 1. The van der Waals surface area contributed by atoms with E-state index in [2.05, 4.69) is 20.9 Å². The predicted octanol–water partition coefficient (Wildman–Crippen LogP) is 3.72. The molecule has 1 aliphatic rings. The third-order valence-electron chi connectivity index (χ3n) is 5.16. The van der Waals surface area contributed by atoms with Crippen LogP contribution in [0.15, 0.2) is 67.0 Å². The van der Waals surface area contributed by atoms with Gasteiger partial charge in [0.25, 0.3) is 0 Å². The Balaban J connectivity index is 1.29. The molecule has 157 valence electrons. The molecule has 1 fully saturated rings. The second-order valence-corrected chi connectivity index (χ2v) is 7.24. The molecule has 0 amide bonds. The summed E-state index contributed by atoms with van der Waals surface area (Å²) in [7, 11) is 0. The highest BCUT2D eigenvalue weighted by Crippen LogP contribution is 2.24. The first-order valence-electron chi connectivity index (χ1n) is 10.4. The van der Waals surface area contributed by atoms with Crippen molar-refractivity contribution in [1.82, 2.24) is 19.4 Å². The number of hydrogen-bond donors (Lipinski definition) is 0. The molecular formula is C24H23N4O3. The summed E-state index contributed by atoms with van der Waals surface area (Å²) in [6, 6.07) is 22.2. The Morgan fingerprint density at radius 2 is 1.87 bits per heavy atom. The third kappa shape index (κ3) is 4.68.